The van der Waals surface area contributed by atoms with Gasteiger partial charge in [-0.2, -0.15) is 0 Å². The second-order valence-electron chi connectivity index (χ2n) is 7.97. The lowest BCUT2D eigenvalue weighted by Gasteiger charge is -2.34. The number of pyridine rings is 1. The van der Waals surface area contributed by atoms with Crippen molar-refractivity contribution in [1.82, 2.24) is 14.8 Å². The lowest BCUT2D eigenvalue weighted by Crippen LogP contribution is -2.44. The number of benzene rings is 2. The summed E-state index contributed by atoms with van der Waals surface area (Å²) in [5.41, 5.74) is 2.10. The van der Waals surface area contributed by atoms with Gasteiger partial charge in [-0.25, -0.2) is 4.79 Å². The number of urea groups is 1. The van der Waals surface area contributed by atoms with Crippen LogP contribution in [0.2, 0.25) is 0 Å². The number of aromatic nitrogens is 1. The first-order valence-electron chi connectivity index (χ1n) is 10.3. The van der Waals surface area contributed by atoms with Crippen LogP contribution in [0.15, 0.2) is 67.0 Å². The normalized spacial score (nSPS) is 16.9. The van der Waals surface area contributed by atoms with Gasteiger partial charge in [0.1, 0.15) is 0 Å². The highest BCUT2D eigenvalue weighted by Gasteiger charge is 2.25. The van der Waals surface area contributed by atoms with Crippen LogP contribution in [0.3, 0.4) is 0 Å². The molecule has 1 atom stereocenters. The van der Waals surface area contributed by atoms with Crippen LogP contribution in [0.25, 0.3) is 10.8 Å². The Labute approximate surface area is 172 Å². The van der Waals surface area contributed by atoms with E-state index in [1.54, 1.807) is 6.20 Å². The summed E-state index contributed by atoms with van der Waals surface area (Å²) in [5.74, 6) is 0.490. The van der Waals surface area contributed by atoms with Crippen molar-refractivity contribution >= 4 is 22.5 Å². The molecular weight excluding hydrogens is 360 g/mol. The Morgan fingerprint density at radius 1 is 1.17 bits per heavy atom. The van der Waals surface area contributed by atoms with Gasteiger partial charge in [-0.3, -0.25) is 4.98 Å². The molecule has 1 aliphatic rings. The zero-order valence-corrected chi connectivity index (χ0v) is 16.9. The van der Waals surface area contributed by atoms with Gasteiger partial charge in [0.2, 0.25) is 0 Å². The molecule has 1 unspecified atom stereocenters. The van der Waals surface area contributed by atoms with E-state index in [-0.39, 0.29) is 6.03 Å². The quantitative estimate of drug-likeness (QED) is 0.694. The number of hydrogen-bond donors (Lipinski definition) is 1. The number of amides is 2. The van der Waals surface area contributed by atoms with Crippen molar-refractivity contribution in [2.75, 3.05) is 32.0 Å². The molecule has 1 aliphatic heterocycles. The van der Waals surface area contributed by atoms with E-state index in [0.717, 1.165) is 55.5 Å². The summed E-state index contributed by atoms with van der Waals surface area (Å²) in [6, 6.07) is 18.3. The maximum atomic E-state index is 12.9. The molecule has 5 nitrogen and oxygen atoms in total. The van der Waals surface area contributed by atoms with E-state index < -0.39 is 0 Å². The summed E-state index contributed by atoms with van der Waals surface area (Å²) in [6.45, 7) is 3.48. The summed E-state index contributed by atoms with van der Waals surface area (Å²) < 4.78 is 0. The molecule has 2 amide bonds. The summed E-state index contributed by atoms with van der Waals surface area (Å²) in [5, 5.41) is 5.35. The van der Waals surface area contributed by atoms with E-state index in [2.05, 4.69) is 46.5 Å². The third-order valence-corrected chi connectivity index (χ3v) is 5.58. The van der Waals surface area contributed by atoms with Gasteiger partial charge in [0.15, 0.2) is 0 Å². The fraction of sp³-hybridized carbons (Fsp3) is 0.333. The topological polar surface area (TPSA) is 48.5 Å². The molecule has 0 spiro atoms. The van der Waals surface area contributed by atoms with Crippen molar-refractivity contribution in [2.24, 2.45) is 5.92 Å². The number of likely N-dealkylation sites (tertiary alicyclic amines) is 1. The molecule has 29 heavy (non-hydrogen) atoms. The minimum Gasteiger partial charge on any atom is -0.324 e. The van der Waals surface area contributed by atoms with Gasteiger partial charge < -0.3 is 15.1 Å². The molecule has 150 valence electrons. The molecule has 0 radical (unpaired) electrons. The number of carbonyl (C=O) groups is 1. The van der Waals surface area contributed by atoms with Gasteiger partial charge in [-0.05, 0) is 48.9 Å². The first kappa shape index (κ1) is 19.4. The summed E-state index contributed by atoms with van der Waals surface area (Å²) in [7, 11) is 2.14. The minimum atomic E-state index is 0.000894. The molecule has 1 aromatic heterocycles. The minimum absolute atomic E-state index is 0.000894. The standard InChI is InChI=1S/C24H28N4O/c1-27(16-19-7-5-13-25-15-19)17-20-8-6-14-28(18-20)24(29)26-23-12-4-10-21-9-2-3-11-22(21)23/h2-5,7,9-13,15,20H,6,8,14,16-18H2,1H3,(H,26,29). The van der Waals surface area contributed by atoms with E-state index in [1.807, 2.05) is 41.4 Å². The SMILES string of the molecule is CN(Cc1cccnc1)CC1CCCN(C(=O)Nc2cccc3ccccc23)C1. The zero-order valence-electron chi connectivity index (χ0n) is 16.9. The monoisotopic (exact) mass is 388 g/mol. The maximum absolute atomic E-state index is 12.9. The molecule has 5 heteroatoms. The Kier molecular flexibility index (Phi) is 6.06. The second kappa shape index (κ2) is 9.05. The molecule has 2 aromatic carbocycles. The van der Waals surface area contributed by atoms with Crippen molar-refractivity contribution in [1.29, 1.82) is 0 Å². The van der Waals surface area contributed by atoms with Crippen LogP contribution in [-0.2, 0) is 6.54 Å². The Hall–Kier alpha value is -2.92. The van der Waals surface area contributed by atoms with Crippen molar-refractivity contribution in [3.8, 4) is 0 Å². The molecule has 2 heterocycles. The van der Waals surface area contributed by atoms with E-state index in [9.17, 15) is 4.79 Å². The van der Waals surface area contributed by atoms with Crippen LogP contribution in [0, 0.1) is 5.92 Å². The van der Waals surface area contributed by atoms with Gasteiger partial charge in [0, 0.05) is 44.0 Å². The van der Waals surface area contributed by atoms with Crippen LogP contribution in [0.5, 0.6) is 0 Å². The summed E-state index contributed by atoms with van der Waals surface area (Å²) >= 11 is 0. The van der Waals surface area contributed by atoms with Gasteiger partial charge >= 0.3 is 6.03 Å². The molecule has 1 N–H and O–H groups in total. The largest absolute Gasteiger partial charge is 0.324 e. The Bertz CT molecular complexity index is 954. The molecule has 3 aromatic rings. The number of nitrogens with one attached hydrogen (secondary N) is 1. The lowest BCUT2D eigenvalue weighted by atomic mass is 9.97. The predicted octanol–water partition coefficient (Wildman–Crippen LogP) is 4.61. The number of fused-ring (bicyclic) bond motifs is 1. The third kappa shape index (κ3) is 4.93. The first-order chi connectivity index (χ1) is 14.2. The average molecular weight is 389 g/mol. The number of carbonyl (C=O) groups excluding carboxylic acids is 1. The third-order valence-electron chi connectivity index (χ3n) is 5.58. The highest BCUT2D eigenvalue weighted by atomic mass is 16.2. The molecule has 1 saturated heterocycles. The number of hydrogen-bond acceptors (Lipinski definition) is 3. The average Bonchev–Trinajstić information content (AvgIpc) is 2.75. The van der Waals surface area contributed by atoms with Crippen molar-refractivity contribution in [2.45, 2.75) is 19.4 Å². The van der Waals surface area contributed by atoms with Crippen molar-refractivity contribution < 1.29 is 4.79 Å². The van der Waals surface area contributed by atoms with E-state index in [0.29, 0.717) is 5.92 Å². The highest BCUT2D eigenvalue weighted by molar-refractivity contribution is 6.01. The van der Waals surface area contributed by atoms with E-state index in [1.165, 1.54) is 5.56 Å². The molecule has 1 fully saturated rings. The predicted molar refractivity (Wildman–Crippen MR) is 118 cm³/mol. The number of anilines is 1. The second-order valence-corrected chi connectivity index (χ2v) is 7.97. The van der Waals surface area contributed by atoms with Crippen molar-refractivity contribution in [3.05, 3.63) is 72.6 Å². The summed E-state index contributed by atoms with van der Waals surface area (Å²) in [6.07, 6.45) is 5.93. The van der Waals surface area contributed by atoms with Gasteiger partial charge in [0.05, 0.1) is 5.69 Å². The van der Waals surface area contributed by atoms with Crippen LogP contribution >= 0.6 is 0 Å². The summed E-state index contributed by atoms with van der Waals surface area (Å²) in [4.78, 5) is 21.4. The van der Waals surface area contributed by atoms with Crippen LogP contribution in [-0.4, -0.2) is 47.5 Å². The maximum Gasteiger partial charge on any atom is 0.321 e. The molecule has 0 aliphatic carbocycles. The van der Waals surface area contributed by atoms with Crippen LogP contribution < -0.4 is 5.32 Å². The number of rotatable bonds is 5. The molecule has 0 saturated carbocycles. The van der Waals surface area contributed by atoms with Crippen molar-refractivity contribution in [3.63, 3.8) is 0 Å². The van der Waals surface area contributed by atoms with Gasteiger partial charge in [-0.1, -0.05) is 42.5 Å². The Balaban J connectivity index is 1.35. The fourth-order valence-electron chi connectivity index (χ4n) is 4.24. The molecular formula is C24H28N4O. The van der Waals surface area contributed by atoms with Gasteiger partial charge in [0.25, 0.3) is 0 Å². The van der Waals surface area contributed by atoms with E-state index in [4.69, 9.17) is 0 Å². The highest BCUT2D eigenvalue weighted by Crippen LogP contribution is 2.24. The molecule has 4 rings (SSSR count). The van der Waals surface area contributed by atoms with E-state index >= 15 is 0 Å². The van der Waals surface area contributed by atoms with Crippen LogP contribution in [0.1, 0.15) is 18.4 Å². The Morgan fingerprint density at radius 2 is 2.03 bits per heavy atom. The number of piperidine rings is 1. The Morgan fingerprint density at radius 3 is 2.90 bits per heavy atom. The van der Waals surface area contributed by atoms with Crippen LogP contribution in [0.4, 0.5) is 10.5 Å². The van der Waals surface area contributed by atoms with Gasteiger partial charge in [-0.15, -0.1) is 0 Å². The zero-order chi connectivity index (χ0) is 20.1. The first-order valence-corrected chi connectivity index (χ1v) is 10.3. The smallest absolute Gasteiger partial charge is 0.321 e. The molecule has 0 bridgehead atoms. The number of nitrogens with zero attached hydrogens (tertiary/aromatic N) is 3. The fourth-order valence-corrected chi connectivity index (χ4v) is 4.24. The lowest BCUT2D eigenvalue weighted by molar-refractivity contribution is 0.154.